The monoisotopic (exact) mass is 409 g/mol. The molecule has 0 spiro atoms. The van der Waals surface area contributed by atoms with Crippen molar-refractivity contribution < 1.29 is 22.8 Å². The Balaban J connectivity index is 1.29. The Morgan fingerprint density at radius 3 is 2.34 bits per heavy atom. The van der Waals surface area contributed by atoms with E-state index >= 15 is 0 Å². The Bertz CT molecular complexity index is 979. The van der Waals surface area contributed by atoms with Crippen molar-refractivity contribution in [2.24, 2.45) is 0 Å². The highest BCUT2D eigenvalue weighted by molar-refractivity contribution is 6.02. The molecular weight excluding hydrogens is 391 g/mol. The van der Waals surface area contributed by atoms with Crippen molar-refractivity contribution in [3.8, 4) is 0 Å². The fourth-order valence-electron chi connectivity index (χ4n) is 4.04. The van der Waals surface area contributed by atoms with Gasteiger partial charge in [0.15, 0.2) is 5.65 Å². The quantitative estimate of drug-likeness (QED) is 0.715. The highest BCUT2D eigenvalue weighted by Crippen LogP contribution is 2.33. The maximum atomic E-state index is 13.1. The van der Waals surface area contributed by atoms with Crippen LogP contribution < -0.4 is 4.90 Å². The number of hydrogen-bond donors (Lipinski definition) is 0. The average molecular weight is 409 g/mol. The Hall–Kier alpha value is -2.92. The Labute approximate surface area is 163 Å². The van der Waals surface area contributed by atoms with Gasteiger partial charge in [0.05, 0.1) is 0 Å². The van der Waals surface area contributed by atoms with Crippen LogP contribution in [0.25, 0.3) is 5.65 Å². The standard InChI is InChI=1S/C17H18F3N7O2/c18-17(19,20)15-22-21-12-3-4-13(23-27(12)15)24-7-5-10(6-8-24)25-9-14(28)26(16(25)29)11-1-2-11/h3-4,10-11H,1-2,5-9H2. The molecule has 4 heterocycles. The zero-order chi connectivity index (χ0) is 20.3. The van der Waals surface area contributed by atoms with E-state index in [2.05, 4.69) is 15.3 Å². The number of nitrogens with zero attached hydrogens (tertiary/aromatic N) is 7. The molecular formula is C17H18F3N7O2. The highest BCUT2D eigenvalue weighted by Gasteiger charge is 2.47. The van der Waals surface area contributed by atoms with Crippen molar-refractivity contribution in [3.63, 3.8) is 0 Å². The molecule has 2 aromatic rings. The van der Waals surface area contributed by atoms with Gasteiger partial charge in [0.1, 0.15) is 12.4 Å². The minimum absolute atomic E-state index is 0.0253. The van der Waals surface area contributed by atoms with Crippen LogP contribution in [-0.2, 0) is 11.0 Å². The summed E-state index contributed by atoms with van der Waals surface area (Å²) in [5, 5.41) is 10.8. The van der Waals surface area contributed by atoms with Crippen LogP contribution in [0, 0.1) is 0 Å². The van der Waals surface area contributed by atoms with E-state index in [1.807, 2.05) is 4.90 Å². The van der Waals surface area contributed by atoms with Gasteiger partial charge in [0, 0.05) is 25.2 Å². The number of rotatable bonds is 3. The number of amides is 3. The first kappa shape index (κ1) is 18.1. The first-order valence-corrected chi connectivity index (χ1v) is 9.50. The van der Waals surface area contributed by atoms with E-state index in [1.165, 1.54) is 11.0 Å². The third kappa shape index (κ3) is 3.06. The van der Waals surface area contributed by atoms with E-state index in [1.54, 1.807) is 11.0 Å². The summed E-state index contributed by atoms with van der Waals surface area (Å²) >= 11 is 0. The summed E-state index contributed by atoms with van der Waals surface area (Å²) in [5.41, 5.74) is 0.0253. The molecule has 12 heteroatoms. The number of halogens is 3. The summed E-state index contributed by atoms with van der Waals surface area (Å²) in [6.07, 6.45) is -1.66. The number of urea groups is 1. The van der Waals surface area contributed by atoms with Crippen LogP contribution in [0.5, 0.6) is 0 Å². The molecule has 29 heavy (non-hydrogen) atoms. The minimum atomic E-state index is -4.64. The van der Waals surface area contributed by atoms with Gasteiger partial charge >= 0.3 is 12.2 Å². The molecule has 0 unspecified atom stereocenters. The number of imide groups is 1. The number of carbonyl (C=O) groups excluding carboxylic acids is 2. The van der Waals surface area contributed by atoms with E-state index in [-0.39, 0.29) is 36.2 Å². The molecule has 2 aliphatic heterocycles. The number of anilines is 1. The predicted molar refractivity (Wildman–Crippen MR) is 93.0 cm³/mol. The SMILES string of the molecule is O=C1CN(C2CCN(c3ccc4nnc(C(F)(F)F)n4n3)CC2)C(=O)N1C1CC1. The second-order valence-electron chi connectivity index (χ2n) is 7.61. The first-order valence-electron chi connectivity index (χ1n) is 9.50. The van der Waals surface area contributed by atoms with Gasteiger partial charge in [-0.2, -0.15) is 17.7 Å². The number of piperidine rings is 1. The lowest BCUT2D eigenvalue weighted by Gasteiger charge is -2.36. The summed E-state index contributed by atoms with van der Waals surface area (Å²) in [6, 6.07) is 2.85. The van der Waals surface area contributed by atoms with E-state index in [4.69, 9.17) is 0 Å². The molecule has 1 saturated carbocycles. The van der Waals surface area contributed by atoms with Gasteiger partial charge in [0.25, 0.3) is 11.7 Å². The van der Waals surface area contributed by atoms with Crippen LogP contribution in [0.3, 0.4) is 0 Å². The number of alkyl halides is 3. The largest absolute Gasteiger partial charge is 0.453 e. The van der Waals surface area contributed by atoms with E-state index in [0.29, 0.717) is 36.3 Å². The molecule has 3 amide bonds. The van der Waals surface area contributed by atoms with Crippen molar-refractivity contribution >= 4 is 23.4 Å². The summed E-state index contributed by atoms with van der Waals surface area (Å²) in [7, 11) is 0. The Kier molecular flexibility index (Phi) is 3.93. The van der Waals surface area contributed by atoms with Crippen LogP contribution >= 0.6 is 0 Å². The van der Waals surface area contributed by atoms with Crippen molar-refractivity contribution in [3.05, 3.63) is 18.0 Å². The Morgan fingerprint density at radius 1 is 0.966 bits per heavy atom. The van der Waals surface area contributed by atoms with Crippen molar-refractivity contribution in [1.82, 2.24) is 29.6 Å². The van der Waals surface area contributed by atoms with Gasteiger partial charge in [0.2, 0.25) is 0 Å². The number of hydrogen-bond acceptors (Lipinski definition) is 6. The van der Waals surface area contributed by atoms with E-state index in [9.17, 15) is 22.8 Å². The van der Waals surface area contributed by atoms with Crippen LogP contribution in [-0.4, -0.2) is 73.3 Å². The molecule has 1 aliphatic carbocycles. The van der Waals surface area contributed by atoms with Gasteiger partial charge in [-0.3, -0.25) is 9.69 Å². The Morgan fingerprint density at radius 2 is 1.69 bits per heavy atom. The molecule has 0 bridgehead atoms. The fourth-order valence-corrected chi connectivity index (χ4v) is 4.04. The molecule has 2 saturated heterocycles. The maximum absolute atomic E-state index is 13.1. The number of fused-ring (bicyclic) bond motifs is 1. The summed E-state index contributed by atoms with van der Waals surface area (Å²) in [6.45, 7) is 1.15. The summed E-state index contributed by atoms with van der Waals surface area (Å²) < 4.78 is 39.9. The first-order chi connectivity index (χ1) is 13.8. The molecule has 5 rings (SSSR count). The second kappa shape index (κ2) is 6.29. The zero-order valence-corrected chi connectivity index (χ0v) is 15.3. The minimum Gasteiger partial charge on any atom is -0.355 e. The van der Waals surface area contributed by atoms with Crippen molar-refractivity contribution in [2.45, 2.75) is 43.9 Å². The third-order valence-electron chi connectivity index (χ3n) is 5.67. The second-order valence-corrected chi connectivity index (χ2v) is 7.61. The smallest absolute Gasteiger partial charge is 0.355 e. The van der Waals surface area contributed by atoms with Gasteiger partial charge < -0.3 is 9.80 Å². The normalized spacial score (nSPS) is 21.7. The molecule has 0 radical (unpaired) electrons. The number of aromatic nitrogens is 4. The molecule has 0 N–H and O–H groups in total. The van der Waals surface area contributed by atoms with Crippen LogP contribution in [0.2, 0.25) is 0 Å². The van der Waals surface area contributed by atoms with Crippen LogP contribution in [0.15, 0.2) is 12.1 Å². The molecule has 154 valence electrons. The fraction of sp³-hybridized carbons (Fsp3) is 0.588. The van der Waals surface area contributed by atoms with Crippen LogP contribution in [0.1, 0.15) is 31.5 Å². The lowest BCUT2D eigenvalue weighted by Crippen LogP contribution is -2.47. The number of carbonyl (C=O) groups is 2. The lowest BCUT2D eigenvalue weighted by atomic mass is 10.0. The van der Waals surface area contributed by atoms with Crippen molar-refractivity contribution in [1.29, 1.82) is 0 Å². The summed E-state index contributed by atoms with van der Waals surface area (Å²) in [4.78, 5) is 29.6. The zero-order valence-electron chi connectivity index (χ0n) is 15.3. The topological polar surface area (TPSA) is 86.9 Å². The van der Waals surface area contributed by atoms with Crippen LogP contribution in [0.4, 0.5) is 23.8 Å². The predicted octanol–water partition coefficient (Wildman–Crippen LogP) is 1.54. The molecule has 0 aromatic carbocycles. The highest BCUT2D eigenvalue weighted by atomic mass is 19.4. The molecule has 3 aliphatic rings. The van der Waals surface area contributed by atoms with Gasteiger partial charge in [-0.25, -0.2) is 4.79 Å². The molecule has 2 aromatic heterocycles. The van der Waals surface area contributed by atoms with Gasteiger partial charge in [-0.1, -0.05) is 0 Å². The van der Waals surface area contributed by atoms with Gasteiger partial charge in [-0.15, -0.1) is 15.3 Å². The molecule has 9 nitrogen and oxygen atoms in total. The van der Waals surface area contributed by atoms with E-state index < -0.39 is 12.0 Å². The molecule has 3 fully saturated rings. The third-order valence-corrected chi connectivity index (χ3v) is 5.67. The molecule has 0 atom stereocenters. The average Bonchev–Trinajstić information content (AvgIpc) is 3.33. The maximum Gasteiger partial charge on any atom is 0.453 e. The lowest BCUT2D eigenvalue weighted by molar-refractivity contribution is -0.146. The van der Waals surface area contributed by atoms with E-state index in [0.717, 1.165) is 12.8 Å². The van der Waals surface area contributed by atoms with Gasteiger partial charge in [-0.05, 0) is 37.8 Å². The van der Waals surface area contributed by atoms with Crippen molar-refractivity contribution in [2.75, 3.05) is 24.5 Å². The summed E-state index contributed by atoms with van der Waals surface area (Å²) in [5.74, 6) is -0.908.